The monoisotopic (exact) mass is 264 g/mol. The highest BCUT2D eigenvalue weighted by Crippen LogP contribution is 2.12. The van der Waals surface area contributed by atoms with Crippen LogP contribution >= 0.6 is 0 Å². The van der Waals surface area contributed by atoms with Gasteiger partial charge in [0.25, 0.3) is 0 Å². The topological polar surface area (TPSA) is 42.7 Å². The van der Waals surface area contributed by atoms with Crippen LogP contribution in [0.1, 0.15) is 11.4 Å². The maximum Gasteiger partial charge on any atom is 0.0819 e. The van der Waals surface area contributed by atoms with Gasteiger partial charge in [0.15, 0.2) is 0 Å². The van der Waals surface area contributed by atoms with Crippen LogP contribution in [-0.2, 0) is 6.54 Å². The molecule has 2 aromatic heterocycles. The first-order valence-electron chi connectivity index (χ1n) is 6.58. The predicted molar refractivity (Wildman–Crippen MR) is 79.9 cm³/mol. The second-order valence-corrected chi connectivity index (χ2v) is 4.58. The van der Waals surface area contributed by atoms with E-state index in [1.54, 1.807) is 6.20 Å². The Kier molecular flexibility index (Phi) is 3.46. The van der Waals surface area contributed by atoms with E-state index in [-0.39, 0.29) is 0 Å². The number of benzene rings is 1. The first-order chi connectivity index (χ1) is 9.83. The maximum absolute atomic E-state index is 4.56. The minimum atomic E-state index is 0.687. The van der Waals surface area contributed by atoms with E-state index in [0.29, 0.717) is 6.54 Å². The van der Waals surface area contributed by atoms with E-state index < -0.39 is 0 Å². The zero-order valence-electron chi connectivity index (χ0n) is 11.3. The summed E-state index contributed by atoms with van der Waals surface area (Å²) >= 11 is 0. The number of pyridine rings is 1. The first-order valence-corrected chi connectivity index (χ1v) is 6.58. The normalized spacial score (nSPS) is 10.4. The molecule has 0 aliphatic heterocycles. The average Bonchev–Trinajstić information content (AvgIpc) is 2.96. The van der Waals surface area contributed by atoms with Crippen molar-refractivity contribution in [1.29, 1.82) is 0 Å². The number of aryl methyl sites for hydroxylation is 1. The minimum Gasteiger partial charge on any atom is -0.378 e. The van der Waals surface area contributed by atoms with E-state index in [4.69, 9.17) is 0 Å². The molecule has 0 aliphatic carbocycles. The molecule has 0 amide bonds. The van der Waals surface area contributed by atoms with Gasteiger partial charge in [-0.15, -0.1) is 0 Å². The average molecular weight is 264 g/mol. The molecule has 1 aromatic carbocycles. The minimum absolute atomic E-state index is 0.687. The largest absolute Gasteiger partial charge is 0.378 e. The zero-order chi connectivity index (χ0) is 13.8. The molecule has 2 heterocycles. The Hall–Kier alpha value is -2.62. The van der Waals surface area contributed by atoms with Crippen molar-refractivity contribution in [2.75, 3.05) is 5.32 Å². The highest BCUT2D eigenvalue weighted by molar-refractivity contribution is 5.46. The summed E-state index contributed by atoms with van der Waals surface area (Å²) in [7, 11) is 0. The van der Waals surface area contributed by atoms with Crippen molar-refractivity contribution in [2.45, 2.75) is 13.5 Å². The van der Waals surface area contributed by atoms with Crippen LogP contribution in [0.3, 0.4) is 0 Å². The summed E-state index contributed by atoms with van der Waals surface area (Å²) in [6, 6.07) is 16.1. The summed E-state index contributed by atoms with van der Waals surface area (Å²) in [5.74, 6) is 0. The number of anilines is 1. The SMILES string of the molecule is Cc1ncccc1NCc1ccn(-c2ccccc2)n1. The Morgan fingerprint density at radius 1 is 1.05 bits per heavy atom. The van der Waals surface area contributed by atoms with E-state index >= 15 is 0 Å². The Bertz CT molecular complexity index is 688. The molecule has 20 heavy (non-hydrogen) atoms. The van der Waals surface area contributed by atoms with Gasteiger partial charge in [-0.05, 0) is 37.3 Å². The zero-order valence-corrected chi connectivity index (χ0v) is 11.3. The number of nitrogens with one attached hydrogen (secondary N) is 1. The van der Waals surface area contributed by atoms with Crippen LogP contribution < -0.4 is 5.32 Å². The number of aromatic nitrogens is 3. The molecule has 0 atom stereocenters. The Morgan fingerprint density at radius 3 is 2.70 bits per heavy atom. The molecule has 0 spiro atoms. The number of para-hydroxylation sites is 1. The molecule has 1 N–H and O–H groups in total. The van der Waals surface area contributed by atoms with E-state index in [1.165, 1.54) is 0 Å². The van der Waals surface area contributed by atoms with E-state index in [2.05, 4.69) is 15.4 Å². The molecule has 0 radical (unpaired) electrons. The van der Waals surface area contributed by atoms with Gasteiger partial charge < -0.3 is 5.32 Å². The lowest BCUT2D eigenvalue weighted by atomic mass is 10.3. The van der Waals surface area contributed by atoms with E-state index in [9.17, 15) is 0 Å². The van der Waals surface area contributed by atoms with Crippen molar-refractivity contribution in [3.05, 3.63) is 72.3 Å². The highest BCUT2D eigenvalue weighted by atomic mass is 15.3. The molecular formula is C16H16N4. The van der Waals surface area contributed by atoms with Gasteiger partial charge in [0.05, 0.1) is 29.3 Å². The van der Waals surface area contributed by atoms with Gasteiger partial charge >= 0.3 is 0 Å². The van der Waals surface area contributed by atoms with Gasteiger partial charge in [0.1, 0.15) is 0 Å². The molecule has 0 saturated heterocycles. The molecular weight excluding hydrogens is 248 g/mol. The molecule has 0 fully saturated rings. The summed E-state index contributed by atoms with van der Waals surface area (Å²) in [6.07, 6.45) is 3.77. The van der Waals surface area contributed by atoms with Crippen LogP contribution in [0.4, 0.5) is 5.69 Å². The van der Waals surface area contributed by atoms with Gasteiger partial charge in [-0.25, -0.2) is 4.68 Å². The molecule has 4 nitrogen and oxygen atoms in total. The lowest BCUT2D eigenvalue weighted by molar-refractivity contribution is 0.843. The molecule has 4 heteroatoms. The van der Waals surface area contributed by atoms with Crippen molar-refractivity contribution < 1.29 is 0 Å². The third-order valence-corrected chi connectivity index (χ3v) is 3.13. The third kappa shape index (κ3) is 2.69. The fourth-order valence-electron chi connectivity index (χ4n) is 2.04. The fourth-order valence-corrected chi connectivity index (χ4v) is 2.04. The second-order valence-electron chi connectivity index (χ2n) is 4.58. The summed E-state index contributed by atoms with van der Waals surface area (Å²) in [6.45, 7) is 2.68. The Balaban J connectivity index is 1.71. The molecule has 0 bridgehead atoms. The van der Waals surface area contributed by atoms with Gasteiger partial charge in [0, 0.05) is 12.4 Å². The fraction of sp³-hybridized carbons (Fsp3) is 0.125. The summed E-state index contributed by atoms with van der Waals surface area (Å²) in [4.78, 5) is 4.26. The maximum atomic E-state index is 4.56. The van der Waals surface area contributed by atoms with E-state index in [0.717, 1.165) is 22.8 Å². The molecule has 0 unspecified atom stereocenters. The number of rotatable bonds is 4. The van der Waals surface area contributed by atoms with Gasteiger partial charge in [-0.1, -0.05) is 18.2 Å². The summed E-state index contributed by atoms with van der Waals surface area (Å²) < 4.78 is 1.88. The standard InChI is InChI=1S/C16H16N4/c1-13-16(8-5-10-17-13)18-12-14-9-11-20(19-14)15-6-3-2-4-7-15/h2-11,18H,12H2,1H3. The molecule has 100 valence electrons. The van der Waals surface area contributed by atoms with Crippen LogP contribution in [0.2, 0.25) is 0 Å². The molecule has 3 aromatic rings. The smallest absolute Gasteiger partial charge is 0.0819 e. The number of hydrogen-bond acceptors (Lipinski definition) is 3. The van der Waals surface area contributed by atoms with Crippen molar-refractivity contribution in [3.63, 3.8) is 0 Å². The van der Waals surface area contributed by atoms with Crippen LogP contribution in [0.25, 0.3) is 5.69 Å². The van der Waals surface area contributed by atoms with Crippen LogP contribution in [0.15, 0.2) is 60.9 Å². The van der Waals surface area contributed by atoms with Crippen LogP contribution in [-0.4, -0.2) is 14.8 Å². The Morgan fingerprint density at radius 2 is 1.90 bits per heavy atom. The number of hydrogen-bond donors (Lipinski definition) is 1. The second kappa shape index (κ2) is 5.57. The van der Waals surface area contributed by atoms with Gasteiger partial charge in [-0.2, -0.15) is 5.10 Å². The van der Waals surface area contributed by atoms with Crippen molar-refractivity contribution in [2.24, 2.45) is 0 Å². The lowest BCUT2D eigenvalue weighted by Gasteiger charge is -2.06. The van der Waals surface area contributed by atoms with Crippen molar-refractivity contribution in [3.8, 4) is 5.69 Å². The van der Waals surface area contributed by atoms with Gasteiger partial charge in [-0.3, -0.25) is 4.98 Å². The predicted octanol–water partition coefficient (Wildman–Crippen LogP) is 3.19. The Labute approximate surface area is 118 Å². The third-order valence-electron chi connectivity index (χ3n) is 3.13. The summed E-state index contributed by atoms with van der Waals surface area (Å²) in [5.41, 5.74) is 4.10. The summed E-state index contributed by atoms with van der Waals surface area (Å²) in [5, 5.41) is 7.91. The van der Waals surface area contributed by atoms with Crippen molar-refractivity contribution >= 4 is 5.69 Å². The van der Waals surface area contributed by atoms with Crippen LogP contribution in [0, 0.1) is 6.92 Å². The van der Waals surface area contributed by atoms with E-state index in [1.807, 2.05) is 66.3 Å². The van der Waals surface area contributed by atoms with Gasteiger partial charge in [0.2, 0.25) is 0 Å². The van der Waals surface area contributed by atoms with Crippen LogP contribution in [0.5, 0.6) is 0 Å². The highest BCUT2D eigenvalue weighted by Gasteiger charge is 2.02. The molecule has 3 rings (SSSR count). The lowest BCUT2D eigenvalue weighted by Crippen LogP contribution is -2.03. The van der Waals surface area contributed by atoms with Crippen molar-refractivity contribution in [1.82, 2.24) is 14.8 Å². The number of nitrogens with zero attached hydrogens (tertiary/aromatic N) is 3. The molecule has 0 saturated carbocycles. The quantitative estimate of drug-likeness (QED) is 0.787. The first kappa shape index (κ1) is 12.4. The molecule has 0 aliphatic rings.